The topological polar surface area (TPSA) is 40.5 Å². The Morgan fingerprint density at radius 3 is 1.62 bits per heavy atom. The Bertz CT molecular complexity index is 159. The van der Waals surface area contributed by atoms with Gasteiger partial charge in [0.05, 0.1) is 12.7 Å². The molecule has 0 saturated carbocycles. The van der Waals surface area contributed by atoms with Crippen LogP contribution in [0.2, 0.25) is 0 Å². The third kappa shape index (κ3) is 2.23. The fraction of sp³-hybridized carbons (Fsp3) is 1.00. The lowest BCUT2D eigenvalue weighted by Gasteiger charge is -2.47. The van der Waals surface area contributed by atoms with Crippen LogP contribution in [0.5, 0.6) is 0 Å². The van der Waals surface area contributed by atoms with E-state index in [1.54, 1.807) is 0 Å². The summed E-state index contributed by atoms with van der Waals surface area (Å²) in [5.41, 5.74) is -0.259. The Morgan fingerprint density at radius 2 is 1.38 bits per heavy atom. The first kappa shape index (κ1) is 12.9. The van der Waals surface area contributed by atoms with Crippen LogP contribution in [-0.4, -0.2) is 22.9 Å². The highest BCUT2D eigenvalue weighted by Crippen LogP contribution is 2.46. The Morgan fingerprint density at radius 1 is 1.00 bits per heavy atom. The first-order chi connectivity index (χ1) is 5.67. The van der Waals surface area contributed by atoms with Crippen LogP contribution in [0, 0.1) is 16.7 Å². The van der Waals surface area contributed by atoms with Crippen molar-refractivity contribution in [3.05, 3.63) is 0 Å². The molecule has 2 nitrogen and oxygen atoms in total. The average molecular weight is 188 g/mol. The molecule has 0 aliphatic carbocycles. The summed E-state index contributed by atoms with van der Waals surface area (Å²) in [5, 5.41) is 18.7. The Kier molecular flexibility index (Phi) is 3.95. The second kappa shape index (κ2) is 3.97. The van der Waals surface area contributed by atoms with Gasteiger partial charge >= 0.3 is 0 Å². The Balaban J connectivity index is 4.80. The number of aliphatic hydroxyl groups excluding tert-OH is 2. The van der Waals surface area contributed by atoms with Crippen molar-refractivity contribution in [3.63, 3.8) is 0 Å². The van der Waals surface area contributed by atoms with Crippen molar-refractivity contribution in [1.82, 2.24) is 0 Å². The second-order valence-electron chi connectivity index (χ2n) is 5.30. The summed E-state index contributed by atoms with van der Waals surface area (Å²) < 4.78 is 0. The molecular weight excluding hydrogens is 164 g/mol. The molecule has 0 amide bonds. The van der Waals surface area contributed by atoms with Crippen LogP contribution in [0.1, 0.15) is 41.5 Å². The lowest BCUT2D eigenvalue weighted by Crippen LogP contribution is -2.47. The highest BCUT2D eigenvalue weighted by atomic mass is 16.3. The van der Waals surface area contributed by atoms with Crippen molar-refractivity contribution >= 4 is 0 Å². The molecule has 0 spiro atoms. The molecule has 0 bridgehead atoms. The normalized spacial score (nSPS) is 16.4. The molecule has 0 aliphatic heterocycles. The standard InChI is InChI=1S/C11H24O2/c1-8(2)10(3,4)11(5,6)9(13)7-12/h8-9,12-13H,7H2,1-6H3/t9-/m0/s1. The van der Waals surface area contributed by atoms with E-state index in [0.29, 0.717) is 5.92 Å². The molecule has 2 N–H and O–H groups in total. The lowest BCUT2D eigenvalue weighted by atomic mass is 9.60. The van der Waals surface area contributed by atoms with Gasteiger partial charge in [0, 0.05) is 0 Å². The van der Waals surface area contributed by atoms with Gasteiger partial charge in [-0.3, -0.25) is 0 Å². The molecule has 0 aromatic rings. The van der Waals surface area contributed by atoms with Gasteiger partial charge in [-0.1, -0.05) is 41.5 Å². The molecule has 0 fully saturated rings. The van der Waals surface area contributed by atoms with E-state index in [2.05, 4.69) is 27.7 Å². The minimum Gasteiger partial charge on any atom is -0.394 e. The van der Waals surface area contributed by atoms with Gasteiger partial charge < -0.3 is 10.2 Å². The van der Waals surface area contributed by atoms with Crippen LogP contribution in [0.25, 0.3) is 0 Å². The Labute approximate surface area is 82.0 Å². The van der Waals surface area contributed by atoms with Gasteiger partial charge in [-0.25, -0.2) is 0 Å². The average Bonchev–Trinajstić information content (AvgIpc) is 2.02. The van der Waals surface area contributed by atoms with Crippen LogP contribution in [0.15, 0.2) is 0 Å². The van der Waals surface area contributed by atoms with Crippen molar-refractivity contribution in [3.8, 4) is 0 Å². The van der Waals surface area contributed by atoms with Gasteiger partial charge in [0.2, 0.25) is 0 Å². The molecule has 0 radical (unpaired) electrons. The highest BCUT2D eigenvalue weighted by molar-refractivity contribution is 4.92. The monoisotopic (exact) mass is 188 g/mol. The maximum absolute atomic E-state index is 9.72. The molecular formula is C11H24O2. The summed E-state index contributed by atoms with van der Waals surface area (Å²) in [6, 6.07) is 0. The number of aliphatic hydroxyl groups is 2. The summed E-state index contributed by atoms with van der Waals surface area (Å²) in [6.45, 7) is 12.4. The van der Waals surface area contributed by atoms with E-state index in [-0.39, 0.29) is 17.4 Å². The molecule has 0 rings (SSSR count). The quantitative estimate of drug-likeness (QED) is 0.709. The van der Waals surface area contributed by atoms with Gasteiger partial charge in [-0.15, -0.1) is 0 Å². The Hall–Kier alpha value is -0.0800. The van der Waals surface area contributed by atoms with Crippen LogP contribution < -0.4 is 0 Å². The van der Waals surface area contributed by atoms with Gasteiger partial charge in [-0.05, 0) is 16.7 Å². The van der Waals surface area contributed by atoms with E-state index in [1.807, 2.05) is 13.8 Å². The third-order valence-corrected chi connectivity index (χ3v) is 4.11. The van der Waals surface area contributed by atoms with Crippen molar-refractivity contribution in [2.75, 3.05) is 6.61 Å². The molecule has 0 saturated heterocycles. The minimum absolute atomic E-state index is 0.00907. The zero-order chi connectivity index (χ0) is 10.9. The first-order valence-corrected chi connectivity index (χ1v) is 4.96. The molecule has 2 heteroatoms. The van der Waals surface area contributed by atoms with Crippen LogP contribution in [0.4, 0.5) is 0 Å². The van der Waals surface area contributed by atoms with E-state index in [9.17, 15) is 5.11 Å². The first-order valence-electron chi connectivity index (χ1n) is 4.96. The molecule has 1 atom stereocenters. The zero-order valence-electron chi connectivity index (χ0n) is 9.76. The second-order valence-corrected chi connectivity index (χ2v) is 5.30. The van der Waals surface area contributed by atoms with E-state index < -0.39 is 6.10 Å². The lowest BCUT2D eigenvalue weighted by molar-refractivity contribution is -0.0807. The van der Waals surface area contributed by atoms with Crippen molar-refractivity contribution < 1.29 is 10.2 Å². The largest absolute Gasteiger partial charge is 0.394 e. The van der Waals surface area contributed by atoms with Crippen molar-refractivity contribution in [1.29, 1.82) is 0 Å². The van der Waals surface area contributed by atoms with Crippen molar-refractivity contribution in [2.24, 2.45) is 16.7 Å². The van der Waals surface area contributed by atoms with Crippen molar-refractivity contribution in [2.45, 2.75) is 47.6 Å². The van der Waals surface area contributed by atoms with Gasteiger partial charge in [0.1, 0.15) is 0 Å². The fourth-order valence-electron chi connectivity index (χ4n) is 1.40. The van der Waals surface area contributed by atoms with E-state index >= 15 is 0 Å². The molecule has 13 heavy (non-hydrogen) atoms. The summed E-state index contributed by atoms with van der Waals surface area (Å²) in [4.78, 5) is 0. The minimum atomic E-state index is -0.648. The summed E-state index contributed by atoms with van der Waals surface area (Å²) in [5.74, 6) is 0.476. The smallest absolute Gasteiger partial charge is 0.0826 e. The molecule has 0 heterocycles. The van der Waals surface area contributed by atoms with Gasteiger partial charge in [-0.2, -0.15) is 0 Å². The number of rotatable bonds is 4. The van der Waals surface area contributed by atoms with Crippen LogP contribution in [0.3, 0.4) is 0 Å². The summed E-state index contributed by atoms with van der Waals surface area (Å²) >= 11 is 0. The maximum atomic E-state index is 9.72. The van der Waals surface area contributed by atoms with Gasteiger partial charge in [0.25, 0.3) is 0 Å². The maximum Gasteiger partial charge on any atom is 0.0826 e. The van der Waals surface area contributed by atoms with Crippen LogP contribution >= 0.6 is 0 Å². The molecule has 0 aromatic heterocycles. The number of hydrogen-bond donors (Lipinski definition) is 2. The molecule has 80 valence electrons. The molecule has 0 unspecified atom stereocenters. The molecule has 0 aromatic carbocycles. The predicted molar refractivity (Wildman–Crippen MR) is 55.5 cm³/mol. The number of hydrogen-bond acceptors (Lipinski definition) is 2. The van der Waals surface area contributed by atoms with E-state index in [0.717, 1.165) is 0 Å². The zero-order valence-corrected chi connectivity index (χ0v) is 9.76. The highest BCUT2D eigenvalue weighted by Gasteiger charge is 2.43. The van der Waals surface area contributed by atoms with E-state index in [4.69, 9.17) is 5.11 Å². The van der Waals surface area contributed by atoms with E-state index in [1.165, 1.54) is 0 Å². The molecule has 0 aliphatic rings. The SMILES string of the molecule is CC(C)C(C)(C)C(C)(C)[C@@H](O)CO. The third-order valence-electron chi connectivity index (χ3n) is 4.11. The summed E-state index contributed by atoms with van der Waals surface area (Å²) in [7, 11) is 0. The van der Waals surface area contributed by atoms with Crippen LogP contribution in [-0.2, 0) is 0 Å². The van der Waals surface area contributed by atoms with Gasteiger partial charge in [0.15, 0.2) is 0 Å². The fourth-order valence-corrected chi connectivity index (χ4v) is 1.40. The predicted octanol–water partition coefficient (Wildman–Crippen LogP) is 2.05. The summed E-state index contributed by atoms with van der Waals surface area (Å²) in [6.07, 6.45) is -0.648.